The Labute approximate surface area is 193 Å². The summed E-state index contributed by atoms with van der Waals surface area (Å²) in [7, 11) is 0. The van der Waals surface area contributed by atoms with Gasteiger partial charge in [-0.3, -0.25) is 9.36 Å². The van der Waals surface area contributed by atoms with E-state index in [2.05, 4.69) is 27.6 Å². The molecule has 1 fully saturated rings. The van der Waals surface area contributed by atoms with E-state index in [-0.39, 0.29) is 17.8 Å². The summed E-state index contributed by atoms with van der Waals surface area (Å²) in [6, 6.07) is 20.4. The number of aromatic nitrogens is 3. The molecule has 0 aliphatic heterocycles. The molecule has 1 atom stereocenters. The molecule has 32 heavy (non-hydrogen) atoms. The molecule has 1 aliphatic rings. The Morgan fingerprint density at radius 1 is 1.09 bits per heavy atom. The highest BCUT2D eigenvalue weighted by atomic mass is 32.2. The summed E-state index contributed by atoms with van der Waals surface area (Å²) in [5.74, 6) is 0.357. The Morgan fingerprint density at radius 3 is 2.56 bits per heavy atom. The zero-order valence-electron chi connectivity index (χ0n) is 17.1. The van der Waals surface area contributed by atoms with E-state index in [1.165, 1.54) is 23.9 Å². The first-order chi connectivity index (χ1) is 15.7. The number of halogens is 1. The zero-order chi connectivity index (χ0) is 21.9. The van der Waals surface area contributed by atoms with E-state index in [1.54, 1.807) is 23.5 Å². The number of hydrogen-bond donors (Lipinski definition) is 1. The number of carbonyl (C=O) groups excluding carboxylic acids is 1. The molecule has 1 unspecified atom stereocenters. The first-order valence-corrected chi connectivity index (χ1v) is 12.2. The Kier molecular flexibility index (Phi) is 6.05. The molecule has 5 rings (SSSR count). The van der Waals surface area contributed by atoms with E-state index in [9.17, 15) is 9.18 Å². The average molecular weight is 465 g/mol. The fourth-order valence-corrected chi connectivity index (χ4v) is 5.16. The molecule has 0 bridgehead atoms. The third kappa shape index (κ3) is 4.76. The lowest BCUT2D eigenvalue weighted by atomic mass is 10.1. The van der Waals surface area contributed by atoms with Crippen LogP contribution in [0.5, 0.6) is 0 Å². The molecule has 5 nitrogen and oxygen atoms in total. The maximum atomic E-state index is 13.5. The fraction of sp³-hybridized carbons (Fsp3) is 0.208. The van der Waals surface area contributed by atoms with E-state index >= 15 is 0 Å². The van der Waals surface area contributed by atoms with E-state index in [1.807, 2.05) is 40.3 Å². The number of amides is 1. The van der Waals surface area contributed by atoms with Crippen LogP contribution < -0.4 is 5.32 Å². The highest BCUT2D eigenvalue weighted by Gasteiger charge is 2.31. The van der Waals surface area contributed by atoms with Crippen molar-refractivity contribution >= 4 is 29.0 Å². The van der Waals surface area contributed by atoms with E-state index in [4.69, 9.17) is 0 Å². The van der Waals surface area contributed by atoms with Crippen molar-refractivity contribution in [2.75, 3.05) is 0 Å². The second kappa shape index (κ2) is 9.26. The number of nitrogens with zero attached hydrogens (tertiary/aromatic N) is 3. The van der Waals surface area contributed by atoms with Gasteiger partial charge in [0.25, 0.3) is 0 Å². The van der Waals surface area contributed by atoms with Crippen LogP contribution in [0.1, 0.15) is 29.2 Å². The summed E-state index contributed by atoms with van der Waals surface area (Å²) in [4.78, 5) is 14.1. The van der Waals surface area contributed by atoms with Gasteiger partial charge in [-0.25, -0.2) is 4.39 Å². The third-order valence-corrected chi connectivity index (χ3v) is 7.30. The topological polar surface area (TPSA) is 59.8 Å². The number of thiophene rings is 1. The molecule has 2 heterocycles. The highest BCUT2D eigenvalue weighted by Crippen LogP contribution is 2.38. The van der Waals surface area contributed by atoms with Gasteiger partial charge in [-0.2, -0.15) is 0 Å². The van der Waals surface area contributed by atoms with Gasteiger partial charge in [0.2, 0.25) is 5.91 Å². The number of carbonyl (C=O) groups is 1. The zero-order valence-corrected chi connectivity index (χ0v) is 18.8. The smallest absolute Gasteiger partial charge is 0.238 e. The first kappa shape index (κ1) is 20.9. The summed E-state index contributed by atoms with van der Waals surface area (Å²) in [6.45, 7) is 0.587. The second-order valence-electron chi connectivity index (χ2n) is 7.69. The molecule has 162 valence electrons. The molecule has 4 aromatic rings. The minimum absolute atomic E-state index is 0.0870. The number of hydrogen-bond acceptors (Lipinski definition) is 5. The maximum Gasteiger partial charge on any atom is 0.238 e. The number of nitrogens with one attached hydrogen (secondary N) is 1. The average Bonchev–Trinajstić information content (AvgIpc) is 3.29. The fourth-order valence-electron chi connectivity index (χ4n) is 3.39. The predicted molar refractivity (Wildman–Crippen MR) is 125 cm³/mol. The Hall–Kier alpha value is -2.97. The molecule has 1 N–H and O–H groups in total. The summed E-state index contributed by atoms with van der Waals surface area (Å²) >= 11 is 2.95. The van der Waals surface area contributed by atoms with Crippen LogP contribution >= 0.6 is 23.1 Å². The van der Waals surface area contributed by atoms with Crippen LogP contribution in [0.4, 0.5) is 4.39 Å². The summed E-state index contributed by atoms with van der Waals surface area (Å²) < 4.78 is 15.6. The normalized spacial score (nSPS) is 14.3. The standard InChI is InChI=1S/C24H21FN4OS2/c25-18-10-8-17(9-11-18)21(23(30)26-19-12-13-19)32-24-28-27-22(20-7-4-14-31-20)29(24)15-16-5-2-1-3-6-16/h1-11,14,19,21H,12-13,15H2,(H,26,30). The molecule has 0 saturated heterocycles. The minimum atomic E-state index is -0.550. The monoisotopic (exact) mass is 464 g/mol. The second-order valence-corrected chi connectivity index (χ2v) is 9.71. The summed E-state index contributed by atoms with van der Waals surface area (Å²) in [5, 5.41) is 14.1. The van der Waals surface area contributed by atoms with Crippen LogP contribution in [0.15, 0.2) is 77.3 Å². The van der Waals surface area contributed by atoms with Crippen molar-refractivity contribution < 1.29 is 9.18 Å². The van der Waals surface area contributed by atoms with Crippen LogP contribution in [-0.4, -0.2) is 26.7 Å². The molecule has 2 aromatic carbocycles. The van der Waals surface area contributed by atoms with Crippen molar-refractivity contribution in [1.29, 1.82) is 0 Å². The van der Waals surface area contributed by atoms with Crippen molar-refractivity contribution in [2.45, 2.75) is 35.8 Å². The Balaban J connectivity index is 1.51. The van der Waals surface area contributed by atoms with Crippen molar-refractivity contribution in [3.05, 3.63) is 89.1 Å². The van der Waals surface area contributed by atoms with Gasteiger partial charge in [-0.15, -0.1) is 21.5 Å². The van der Waals surface area contributed by atoms with Crippen molar-refractivity contribution in [3.8, 4) is 10.7 Å². The van der Waals surface area contributed by atoms with Crippen molar-refractivity contribution in [2.24, 2.45) is 0 Å². The van der Waals surface area contributed by atoms with Gasteiger partial charge in [0.05, 0.1) is 11.4 Å². The van der Waals surface area contributed by atoms with Crippen LogP contribution in [0.25, 0.3) is 10.7 Å². The van der Waals surface area contributed by atoms with Crippen LogP contribution in [-0.2, 0) is 11.3 Å². The predicted octanol–water partition coefficient (Wildman–Crippen LogP) is 5.31. The summed E-state index contributed by atoms with van der Waals surface area (Å²) in [5.41, 5.74) is 1.86. The highest BCUT2D eigenvalue weighted by molar-refractivity contribution is 8.00. The van der Waals surface area contributed by atoms with Crippen molar-refractivity contribution in [3.63, 3.8) is 0 Å². The molecule has 2 aromatic heterocycles. The van der Waals surface area contributed by atoms with Crippen molar-refractivity contribution in [1.82, 2.24) is 20.1 Å². The molecular formula is C24H21FN4OS2. The maximum absolute atomic E-state index is 13.5. The molecule has 1 saturated carbocycles. The lowest BCUT2D eigenvalue weighted by molar-refractivity contribution is -0.120. The molecule has 1 aliphatic carbocycles. The SMILES string of the molecule is O=C(NC1CC1)C(Sc1nnc(-c2cccs2)n1Cc1ccccc1)c1ccc(F)cc1. The molecule has 1 amide bonds. The van der Waals surface area contributed by atoms with Crippen LogP contribution in [0.3, 0.4) is 0 Å². The van der Waals surface area contributed by atoms with Gasteiger partial charge in [0.1, 0.15) is 11.1 Å². The molecule has 0 radical (unpaired) electrons. The molecular weight excluding hydrogens is 443 g/mol. The number of thioether (sulfide) groups is 1. The van der Waals surface area contributed by atoms with Crippen LogP contribution in [0.2, 0.25) is 0 Å². The van der Waals surface area contributed by atoms with E-state index in [0.29, 0.717) is 11.7 Å². The van der Waals surface area contributed by atoms with Gasteiger partial charge >= 0.3 is 0 Å². The van der Waals surface area contributed by atoms with Gasteiger partial charge in [0.15, 0.2) is 11.0 Å². The van der Waals surface area contributed by atoms with Gasteiger partial charge in [-0.05, 0) is 47.5 Å². The van der Waals surface area contributed by atoms with E-state index in [0.717, 1.165) is 34.7 Å². The quantitative estimate of drug-likeness (QED) is 0.359. The summed E-state index contributed by atoms with van der Waals surface area (Å²) in [6.07, 6.45) is 2.00. The molecule has 8 heteroatoms. The van der Waals surface area contributed by atoms with E-state index < -0.39 is 5.25 Å². The number of benzene rings is 2. The number of rotatable bonds is 8. The molecule has 0 spiro atoms. The van der Waals surface area contributed by atoms with Gasteiger partial charge in [0, 0.05) is 6.04 Å². The minimum Gasteiger partial charge on any atom is -0.352 e. The van der Waals surface area contributed by atoms with Crippen LogP contribution in [0, 0.1) is 5.82 Å². The first-order valence-electron chi connectivity index (χ1n) is 10.4. The third-order valence-electron chi connectivity index (χ3n) is 5.20. The largest absolute Gasteiger partial charge is 0.352 e. The lowest BCUT2D eigenvalue weighted by Gasteiger charge is -2.17. The Morgan fingerprint density at radius 2 is 1.88 bits per heavy atom. The van der Waals surface area contributed by atoms with Gasteiger partial charge in [-0.1, -0.05) is 60.3 Å². The lowest BCUT2D eigenvalue weighted by Crippen LogP contribution is -2.30. The van der Waals surface area contributed by atoms with Gasteiger partial charge < -0.3 is 5.32 Å². The Bertz CT molecular complexity index is 1190.